The fourth-order valence-corrected chi connectivity index (χ4v) is 4.27. The number of hydrogen-bond acceptors (Lipinski definition) is 7. The second-order valence-electron chi connectivity index (χ2n) is 8.22. The van der Waals surface area contributed by atoms with Crippen molar-refractivity contribution in [2.45, 2.75) is 39.2 Å². The Morgan fingerprint density at radius 3 is 2.77 bits per heavy atom. The number of aryl methyl sites for hydroxylation is 1. The molecule has 30 heavy (non-hydrogen) atoms. The third-order valence-corrected chi connectivity index (χ3v) is 5.84. The Morgan fingerprint density at radius 1 is 1.23 bits per heavy atom. The van der Waals surface area contributed by atoms with Crippen molar-refractivity contribution in [2.75, 3.05) is 50.5 Å². The van der Waals surface area contributed by atoms with Crippen molar-refractivity contribution in [3.63, 3.8) is 0 Å². The molecule has 1 aromatic carbocycles. The molecule has 1 aliphatic rings. The first-order valence-electron chi connectivity index (χ1n) is 10.9. The maximum absolute atomic E-state index is 6.21. The van der Waals surface area contributed by atoms with E-state index >= 15 is 0 Å². The van der Waals surface area contributed by atoms with Gasteiger partial charge in [0.15, 0.2) is 0 Å². The number of nitrogen functional groups attached to an aromatic ring is 1. The highest BCUT2D eigenvalue weighted by atomic mass is 16.6. The second-order valence-corrected chi connectivity index (χ2v) is 8.22. The number of fused-ring (bicyclic) bond motifs is 3. The van der Waals surface area contributed by atoms with Crippen molar-refractivity contribution in [1.29, 1.82) is 0 Å². The molecule has 8 nitrogen and oxygen atoms in total. The van der Waals surface area contributed by atoms with Gasteiger partial charge in [0.25, 0.3) is 0 Å². The lowest BCUT2D eigenvalue weighted by Gasteiger charge is -2.37. The molecule has 0 spiro atoms. The van der Waals surface area contributed by atoms with Crippen LogP contribution in [0.15, 0.2) is 18.2 Å². The monoisotopic (exact) mass is 411 g/mol. The molecular weight excluding hydrogens is 378 g/mol. The highest BCUT2D eigenvalue weighted by molar-refractivity contribution is 6.07. The summed E-state index contributed by atoms with van der Waals surface area (Å²) >= 11 is 0. The van der Waals surface area contributed by atoms with Crippen LogP contribution in [0.4, 0.5) is 11.5 Å². The number of imidazole rings is 1. The summed E-state index contributed by atoms with van der Waals surface area (Å²) in [5, 5.41) is 1.07. The summed E-state index contributed by atoms with van der Waals surface area (Å²) in [5.41, 5.74) is 13.1. The molecule has 4 N–H and O–H groups in total. The van der Waals surface area contributed by atoms with Gasteiger partial charge in [0.1, 0.15) is 22.7 Å². The van der Waals surface area contributed by atoms with Crippen molar-refractivity contribution in [3.8, 4) is 0 Å². The maximum atomic E-state index is 6.21. The van der Waals surface area contributed by atoms with Crippen LogP contribution in [0.25, 0.3) is 21.9 Å². The number of H-pyrrole nitrogens is 1. The second kappa shape index (κ2) is 9.16. The summed E-state index contributed by atoms with van der Waals surface area (Å²) in [4.78, 5) is 22.8. The first-order valence-corrected chi connectivity index (χ1v) is 10.9. The number of nitrogens with two attached hydrogens (primary N) is 1. The fraction of sp³-hybridized carbons (Fsp3) is 0.545. The minimum absolute atomic E-state index is 0.314. The molecule has 0 saturated carbocycles. The van der Waals surface area contributed by atoms with E-state index in [1.54, 1.807) is 7.11 Å². The zero-order chi connectivity index (χ0) is 21.1. The molecule has 2 aromatic heterocycles. The Morgan fingerprint density at radius 2 is 2.03 bits per heavy atom. The van der Waals surface area contributed by atoms with Crippen LogP contribution in [0.2, 0.25) is 0 Å². The predicted octanol–water partition coefficient (Wildman–Crippen LogP) is 2.70. The number of anilines is 2. The molecule has 0 radical (unpaired) electrons. The van der Waals surface area contributed by atoms with Crippen LogP contribution in [0.1, 0.15) is 32.5 Å². The number of piperazine rings is 1. The van der Waals surface area contributed by atoms with Crippen LogP contribution >= 0.6 is 0 Å². The van der Waals surface area contributed by atoms with Crippen molar-refractivity contribution in [2.24, 2.45) is 0 Å². The quantitative estimate of drug-likeness (QED) is 0.491. The van der Waals surface area contributed by atoms with Gasteiger partial charge in [0, 0.05) is 56.3 Å². The highest BCUT2D eigenvalue weighted by Gasteiger charge is 2.20. The molecule has 3 heterocycles. The lowest BCUT2D eigenvalue weighted by atomic mass is 10.1. The molecule has 1 unspecified atom stereocenters. The van der Waals surface area contributed by atoms with Gasteiger partial charge < -0.3 is 20.5 Å². The first kappa shape index (κ1) is 20.8. The lowest BCUT2D eigenvalue weighted by molar-refractivity contribution is 0.0520. The van der Waals surface area contributed by atoms with Crippen molar-refractivity contribution in [1.82, 2.24) is 25.3 Å². The summed E-state index contributed by atoms with van der Waals surface area (Å²) in [5.74, 6) is 1.51. The number of pyridine rings is 1. The van der Waals surface area contributed by atoms with Gasteiger partial charge in [-0.25, -0.2) is 9.97 Å². The van der Waals surface area contributed by atoms with E-state index in [0.29, 0.717) is 11.9 Å². The number of nitrogens with one attached hydrogen (secondary N) is 2. The Balaban J connectivity index is 1.55. The topological polar surface area (TPSA) is 95.3 Å². The number of nitrogens with zero attached hydrogens (tertiary/aromatic N) is 4. The van der Waals surface area contributed by atoms with E-state index < -0.39 is 0 Å². The van der Waals surface area contributed by atoms with Gasteiger partial charge in [0.2, 0.25) is 0 Å². The van der Waals surface area contributed by atoms with Crippen LogP contribution in [0.3, 0.4) is 0 Å². The Labute approximate surface area is 177 Å². The van der Waals surface area contributed by atoms with Crippen LogP contribution in [0.5, 0.6) is 0 Å². The Bertz CT molecular complexity index is 994. The summed E-state index contributed by atoms with van der Waals surface area (Å²) in [6, 6.07) is 6.75. The maximum Gasteiger partial charge on any atom is 0.150 e. The number of benzene rings is 1. The van der Waals surface area contributed by atoms with Crippen LogP contribution < -0.4 is 16.1 Å². The number of aromatic amines is 1. The number of hydrogen-bond donors (Lipinski definition) is 3. The van der Waals surface area contributed by atoms with Crippen molar-refractivity contribution in [3.05, 3.63) is 24.0 Å². The van der Waals surface area contributed by atoms with E-state index in [1.807, 2.05) is 0 Å². The third kappa shape index (κ3) is 4.35. The molecule has 4 rings (SSSR count). The molecule has 1 fully saturated rings. The molecule has 1 saturated heterocycles. The van der Waals surface area contributed by atoms with Crippen LogP contribution in [0, 0.1) is 0 Å². The van der Waals surface area contributed by atoms with Gasteiger partial charge in [0.05, 0.1) is 12.6 Å². The van der Waals surface area contributed by atoms with E-state index in [-0.39, 0.29) is 0 Å². The van der Waals surface area contributed by atoms with Crippen molar-refractivity contribution < 1.29 is 4.84 Å². The number of aromatic nitrogens is 3. The minimum atomic E-state index is 0.314. The van der Waals surface area contributed by atoms with Gasteiger partial charge in [-0.1, -0.05) is 13.3 Å². The largest absolute Gasteiger partial charge is 0.382 e. The van der Waals surface area contributed by atoms with Crippen LogP contribution in [-0.2, 0) is 11.3 Å². The summed E-state index contributed by atoms with van der Waals surface area (Å²) < 4.78 is 0. The van der Waals surface area contributed by atoms with E-state index in [4.69, 9.17) is 15.6 Å². The van der Waals surface area contributed by atoms with E-state index in [1.165, 1.54) is 5.69 Å². The molecule has 1 atom stereocenters. The average Bonchev–Trinajstić information content (AvgIpc) is 3.18. The standard InChI is InChI=1S/C22H33N7O/c1-4-5-6-19-25-20-17-13-16(7-8-18(17)24-22(23)21(20)26-19)29-11-9-28(10-12-29)14-15(2)27-30-3/h7-8,13,15,27H,4-6,9-12,14H2,1-3H3,(H2,23,24)(H,25,26). The molecule has 1 aliphatic heterocycles. The normalized spacial score (nSPS) is 16.6. The van der Waals surface area contributed by atoms with E-state index in [9.17, 15) is 0 Å². The molecule has 162 valence electrons. The molecule has 0 aliphatic carbocycles. The number of unbranched alkanes of at least 4 members (excludes halogenated alkanes) is 1. The molecular formula is C22H33N7O. The van der Waals surface area contributed by atoms with E-state index in [0.717, 1.165) is 79.7 Å². The van der Waals surface area contributed by atoms with Gasteiger partial charge in [-0.05, 0) is 31.5 Å². The zero-order valence-electron chi connectivity index (χ0n) is 18.2. The predicted molar refractivity (Wildman–Crippen MR) is 123 cm³/mol. The smallest absolute Gasteiger partial charge is 0.150 e. The number of rotatable bonds is 8. The summed E-state index contributed by atoms with van der Waals surface area (Å²) in [6.45, 7) is 9.38. The van der Waals surface area contributed by atoms with Gasteiger partial charge in [-0.15, -0.1) is 0 Å². The van der Waals surface area contributed by atoms with Gasteiger partial charge in [-0.2, -0.15) is 5.48 Å². The minimum Gasteiger partial charge on any atom is -0.382 e. The summed E-state index contributed by atoms with van der Waals surface area (Å²) in [7, 11) is 1.67. The molecule has 0 bridgehead atoms. The fourth-order valence-electron chi connectivity index (χ4n) is 4.27. The SMILES string of the molecule is CCCCc1nc2c([nH]1)c(N)nc1ccc(N3CCN(CC(C)NOC)CC3)cc12. The number of hydroxylamine groups is 1. The zero-order valence-corrected chi connectivity index (χ0v) is 18.2. The summed E-state index contributed by atoms with van der Waals surface area (Å²) in [6.07, 6.45) is 3.19. The van der Waals surface area contributed by atoms with E-state index in [2.05, 4.69) is 57.3 Å². The highest BCUT2D eigenvalue weighted by Crippen LogP contribution is 2.30. The van der Waals surface area contributed by atoms with Crippen LogP contribution in [-0.4, -0.2) is 65.7 Å². The van der Waals surface area contributed by atoms with Gasteiger partial charge >= 0.3 is 0 Å². The van der Waals surface area contributed by atoms with Crippen molar-refractivity contribution >= 4 is 33.4 Å². The Hall–Kier alpha value is -2.42. The Kier molecular flexibility index (Phi) is 6.36. The molecule has 0 amide bonds. The first-order chi connectivity index (χ1) is 14.6. The lowest BCUT2D eigenvalue weighted by Crippen LogP contribution is -2.50. The third-order valence-electron chi connectivity index (χ3n) is 5.84. The molecule has 3 aromatic rings. The molecule has 8 heteroatoms. The average molecular weight is 412 g/mol. The van der Waals surface area contributed by atoms with Gasteiger partial charge in [-0.3, -0.25) is 4.90 Å².